The molecule has 1 N–H and O–H groups in total. The van der Waals surface area contributed by atoms with Crippen molar-refractivity contribution >= 4 is 10.0 Å². The van der Waals surface area contributed by atoms with Crippen LogP contribution in [0, 0.1) is 5.92 Å². The average Bonchev–Trinajstić information content (AvgIpc) is 3.09. The van der Waals surface area contributed by atoms with Gasteiger partial charge in [-0.25, -0.2) is 8.42 Å². The highest BCUT2D eigenvalue weighted by Crippen LogP contribution is 2.33. The number of sulfonamides is 1. The molecule has 2 aliphatic rings. The van der Waals surface area contributed by atoms with Crippen molar-refractivity contribution in [3.63, 3.8) is 0 Å². The van der Waals surface area contributed by atoms with Gasteiger partial charge in [0.25, 0.3) is 0 Å². The minimum Gasteiger partial charge on any atom is -0.316 e. The van der Waals surface area contributed by atoms with Gasteiger partial charge in [-0.3, -0.25) is 0 Å². The van der Waals surface area contributed by atoms with Crippen LogP contribution >= 0.6 is 0 Å². The molecule has 0 spiro atoms. The second kappa shape index (κ2) is 5.57. The van der Waals surface area contributed by atoms with Crippen molar-refractivity contribution in [1.29, 1.82) is 0 Å². The molecule has 4 nitrogen and oxygen atoms in total. The minimum absolute atomic E-state index is 0.0757. The quantitative estimate of drug-likeness (QED) is 0.833. The third-order valence-corrected chi connectivity index (χ3v) is 5.53. The number of nitrogens with zero attached hydrogens (tertiary/aromatic N) is 1. The lowest BCUT2D eigenvalue weighted by molar-refractivity contribution is -0.137. The number of halogens is 3. The molecule has 2 rings (SSSR count). The molecule has 1 aliphatic carbocycles. The van der Waals surface area contributed by atoms with E-state index >= 15 is 0 Å². The zero-order valence-electron chi connectivity index (χ0n) is 10.6. The fourth-order valence-corrected chi connectivity index (χ4v) is 4.53. The van der Waals surface area contributed by atoms with E-state index in [1.165, 1.54) is 0 Å². The third-order valence-electron chi connectivity index (χ3n) is 3.49. The van der Waals surface area contributed by atoms with E-state index in [4.69, 9.17) is 0 Å². The van der Waals surface area contributed by atoms with Crippen LogP contribution in [-0.2, 0) is 10.0 Å². The first-order chi connectivity index (χ1) is 8.78. The highest BCUT2D eigenvalue weighted by atomic mass is 32.2. The Labute approximate surface area is 111 Å². The predicted molar refractivity (Wildman–Crippen MR) is 65.2 cm³/mol. The van der Waals surface area contributed by atoms with Crippen LogP contribution in [0.1, 0.15) is 25.7 Å². The smallest absolute Gasteiger partial charge is 0.316 e. The molecule has 0 aromatic carbocycles. The van der Waals surface area contributed by atoms with Crippen LogP contribution in [0.4, 0.5) is 13.2 Å². The monoisotopic (exact) mass is 300 g/mol. The van der Waals surface area contributed by atoms with E-state index < -0.39 is 28.8 Å². The van der Waals surface area contributed by atoms with Crippen molar-refractivity contribution in [3.8, 4) is 0 Å². The van der Waals surface area contributed by atoms with Crippen LogP contribution < -0.4 is 5.32 Å². The van der Waals surface area contributed by atoms with E-state index in [9.17, 15) is 21.6 Å². The third kappa shape index (κ3) is 4.61. The van der Waals surface area contributed by atoms with E-state index in [0.29, 0.717) is 23.7 Å². The summed E-state index contributed by atoms with van der Waals surface area (Å²) < 4.78 is 62.4. The van der Waals surface area contributed by atoms with E-state index in [1.807, 2.05) is 0 Å². The second-order valence-electron chi connectivity index (χ2n) is 5.38. The van der Waals surface area contributed by atoms with Crippen molar-refractivity contribution in [1.82, 2.24) is 9.62 Å². The SMILES string of the molecule is O=S(=O)(CC1CCCNC1)N(CC(F)(F)F)C1CC1. The predicted octanol–water partition coefficient (Wildman–Crippen LogP) is 1.34. The zero-order valence-corrected chi connectivity index (χ0v) is 11.4. The first-order valence-electron chi connectivity index (χ1n) is 6.55. The maximum Gasteiger partial charge on any atom is 0.402 e. The Kier molecular flexibility index (Phi) is 4.42. The fourth-order valence-electron chi connectivity index (χ4n) is 2.45. The molecule has 1 unspecified atom stereocenters. The van der Waals surface area contributed by atoms with Gasteiger partial charge in [-0.2, -0.15) is 17.5 Å². The molecule has 1 saturated carbocycles. The zero-order chi connectivity index (χ0) is 14.1. The van der Waals surface area contributed by atoms with E-state index in [-0.39, 0.29) is 11.7 Å². The Morgan fingerprint density at radius 2 is 1.89 bits per heavy atom. The van der Waals surface area contributed by atoms with Gasteiger partial charge in [0.1, 0.15) is 6.54 Å². The standard InChI is InChI=1S/C11H19F3N2O2S/c12-11(13,14)8-16(10-3-4-10)19(17,18)7-9-2-1-5-15-6-9/h9-10,15H,1-8H2. The molecule has 0 aromatic rings. The molecule has 8 heteroatoms. The Balaban J connectivity index is 2.01. The van der Waals surface area contributed by atoms with Crippen LogP contribution in [0.15, 0.2) is 0 Å². The molecule has 112 valence electrons. The summed E-state index contributed by atoms with van der Waals surface area (Å²) in [6, 6.07) is -0.442. The maximum absolute atomic E-state index is 12.5. The van der Waals surface area contributed by atoms with E-state index in [0.717, 1.165) is 19.4 Å². The molecule has 0 amide bonds. The van der Waals surface area contributed by atoms with Gasteiger partial charge >= 0.3 is 6.18 Å². The van der Waals surface area contributed by atoms with Crippen molar-refractivity contribution < 1.29 is 21.6 Å². The fraction of sp³-hybridized carbons (Fsp3) is 1.00. The average molecular weight is 300 g/mol. The van der Waals surface area contributed by atoms with Gasteiger partial charge in [0.15, 0.2) is 0 Å². The Bertz CT molecular complexity index is 401. The van der Waals surface area contributed by atoms with Gasteiger partial charge in [-0.05, 0) is 44.7 Å². The van der Waals surface area contributed by atoms with Crippen LogP contribution in [0.3, 0.4) is 0 Å². The van der Waals surface area contributed by atoms with Gasteiger partial charge in [-0.15, -0.1) is 0 Å². The van der Waals surface area contributed by atoms with Crippen molar-refractivity contribution in [3.05, 3.63) is 0 Å². The summed E-state index contributed by atoms with van der Waals surface area (Å²) in [6.07, 6.45) is -1.75. The summed E-state index contributed by atoms with van der Waals surface area (Å²) in [4.78, 5) is 0. The molecular formula is C11H19F3N2O2S. The first-order valence-corrected chi connectivity index (χ1v) is 8.16. The van der Waals surface area contributed by atoms with E-state index in [2.05, 4.69) is 5.32 Å². The summed E-state index contributed by atoms with van der Waals surface area (Å²) in [6.45, 7) is 0.0787. The number of nitrogens with one attached hydrogen (secondary N) is 1. The Morgan fingerprint density at radius 1 is 1.21 bits per heavy atom. The molecule has 19 heavy (non-hydrogen) atoms. The lowest BCUT2D eigenvalue weighted by atomic mass is 10.0. The molecular weight excluding hydrogens is 281 g/mol. The van der Waals surface area contributed by atoms with Gasteiger partial charge in [0.05, 0.1) is 5.75 Å². The number of alkyl halides is 3. The minimum atomic E-state index is -4.47. The molecule has 1 atom stereocenters. The number of hydrogen-bond acceptors (Lipinski definition) is 3. The first kappa shape index (κ1) is 15.1. The van der Waals surface area contributed by atoms with Gasteiger partial charge in [0.2, 0.25) is 10.0 Å². The summed E-state index contributed by atoms with van der Waals surface area (Å²) in [5.41, 5.74) is 0. The largest absolute Gasteiger partial charge is 0.402 e. The maximum atomic E-state index is 12.5. The van der Waals surface area contributed by atoms with Crippen LogP contribution in [0.5, 0.6) is 0 Å². The van der Waals surface area contributed by atoms with Crippen LogP contribution in [0.2, 0.25) is 0 Å². The Morgan fingerprint density at radius 3 is 2.37 bits per heavy atom. The van der Waals surface area contributed by atoms with Crippen LogP contribution in [0.25, 0.3) is 0 Å². The molecule has 0 bridgehead atoms. The lowest BCUT2D eigenvalue weighted by Gasteiger charge is -2.27. The van der Waals surface area contributed by atoms with Crippen molar-refractivity contribution in [2.24, 2.45) is 5.92 Å². The molecule has 0 aromatic heterocycles. The molecule has 1 saturated heterocycles. The summed E-state index contributed by atoms with van der Waals surface area (Å²) in [7, 11) is -3.82. The molecule has 2 fully saturated rings. The lowest BCUT2D eigenvalue weighted by Crippen LogP contribution is -2.44. The molecule has 1 aliphatic heterocycles. The van der Waals surface area contributed by atoms with E-state index in [1.54, 1.807) is 0 Å². The van der Waals surface area contributed by atoms with Crippen molar-refractivity contribution in [2.75, 3.05) is 25.4 Å². The van der Waals surface area contributed by atoms with Gasteiger partial charge in [-0.1, -0.05) is 0 Å². The van der Waals surface area contributed by atoms with Crippen molar-refractivity contribution in [2.45, 2.75) is 37.9 Å². The topological polar surface area (TPSA) is 49.4 Å². The summed E-state index contributed by atoms with van der Waals surface area (Å²) in [5.74, 6) is -0.250. The highest BCUT2D eigenvalue weighted by molar-refractivity contribution is 7.89. The normalized spacial score (nSPS) is 25.8. The number of hydrogen-bond donors (Lipinski definition) is 1. The summed E-state index contributed by atoms with van der Waals surface area (Å²) in [5, 5.41) is 3.08. The molecule has 0 radical (unpaired) electrons. The second-order valence-corrected chi connectivity index (χ2v) is 7.35. The van der Waals surface area contributed by atoms with Crippen LogP contribution in [-0.4, -0.2) is 50.3 Å². The van der Waals surface area contributed by atoms with Gasteiger partial charge < -0.3 is 5.32 Å². The Hall–Kier alpha value is -0.340. The highest BCUT2D eigenvalue weighted by Gasteiger charge is 2.44. The number of piperidine rings is 1. The summed E-state index contributed by atoms with van der Waals surface area (Å²) >= 11 is 0. The number of rotatable bonds is 5. The molecule has 1 heterocycles. The van der Waals surface area contributed by atoms with Gasteiger partial charge in [0, 0.05) is 6.04 Å².